The van der Waals surface area contributed by atoms with Gasteiger partial charge in [-0.05, 0) is 44.0 Å². The van der Waals surface area contributed by atoms with Crippen molar-refractivity contribution >= 4 is 11.9 Å². The molecular formula is C17H20N2O4. The van der Waals surface area contributed by atoms with E-state index in [-0.39, 0.29) is 24.4 Å². The van der Waals surface area contributed by atoms with Gasteiger partial charge in [-0.1, -0.05) is 0 Å². The molecule has 6 heteroatoms. The van der Waals surface area contributed by atoms with Gasteiger partial charge in [0.2, 0.25) is 0 Å². The van der Waals surface area contributed by atoms with Crippen LogP contribution in [-0.4, -0.2) is 43.1 Å². The maximum absolute atomic E-state index is 12.2. The van der Waals surface area contributed by atoms with E-state index in [2.05, 4.69) is 0 Å². The number of benzene rings is 1. The number of nitrogens with zero attached hydrogens (tertiary/aromatic N) is 2. The first-order valence-electron chi connectivity index (χ1n) is 7.71. The monoisotopic (exact) mass is 316 g/mol. The minimum atomic E-state index is -0.248. The third-order valence-corrected chi connectivity index (χ3v) is 3.74. The van der Waals surface area contributed by atoms with E-state index in [0.717, 1.165) is 12.8 Å². The number of likely N-dealkylation sites (tertiary alicyclic amines) is 1. The van der Waals surface area contributed by atoms with Gasteiger partial charge in [0.15, 0.2) is 6.61 Å². The van der Waals surface area contributed by atoms with E-state index >= 15 is 0 Å². The van der Waals surface area contributed by atoms with Crippen LogP contribution in [0, 0.1) is 17.2 Å². The number of esters is 1. The molecule has 1 saturated heterocycles. The van der Waals surface area contributed by atoms with Crippen molar-refractivity contribution in [3.05, 3.63) is 29.8 Å². The number of carbonyl (C=O) groups excluding carboxylic acids is 2. The second-order valence-electron chi connectivity index (χ2n) is 5.36. The van der Waals surface area contributed by atoms with Crippen LogP contribution in [0.3, 0.4) is 0 Å². The Labute approximate surface area is 135 Å². The Morgan fingerprint density at radius 2 is 2.09 bits per heavy atom. The number of ether oxygens (including phenoxy) is 2. The van der Waals surface area contributed by atoms with Gasteiger partial charge in [0, 0.05) is 13.1 Å². The minimum Gasteiger partial charge on any atom is -0.484 e. The molecule has 1 atom stereocenters. The molecule has 6 nitrogen and oxygen atoms in total. The van der Waals surface area contributed by atoms with Gasteiger partial charge in [-0.25, -0.2) is 0 Å². The molecule has 1 aromatic rings. The summed E-state index contributed by atoms with van der Waals surface area (Å²) in [5.74, 6) is -0.0970. The van der Waals surface area contributed by atoms with Crippen LogP contribution in [0.25, 0.3) is 0 Å². The van der Waals surface area contributed by atoms with Gasteiger partial charge in [0.1, 0.15) is 5.75 Å². The van der Waals surface area contributed by atoms with E-state index in [0.29, 0.717) is 31.0 Å². The highest BCUT2D eigenvalue weighted by molar-refractivity contribution is 5.79. The Kier molecular flexibility index (Phi) is 5.98. The van der Waals surface area contributed by atoms with Gasteiger partial charge >= 0.3 is 5.97 Å². The summed E-state index contributed by atoms with van der Waals surface area (Å²) < 4.78 is 10.5. The normalized spacial score (nSPS) is 17.2. The predicted octanol–water partition coefficient (Wildman–Crippen LogP) is 1.74. The number of rotatable bonds is 5. The van der Waals surface area contributed by atoms with Crippen molar-refractivity contribution < 1.29 is 19.1 Å². The fourth-order valence-electron chi connectivity index (χ4n) is 2.52. The zero-order valence-electron chi connectivity index (χ0n) is 13.2. The molecule has 1 fully saturated rings. The summed E-state index contributed by atoms with van der Waals surface area (Å²) in [7, 11) is 0. The summed E-state index contributed by atoms with van der Waals surface area (Å²) in [4.78, 5) is 25.7. The van der Waals surface area contributed by atoms with Crippen molar-refractivity contribution in [3.63, 3.8) is 0 Å². The molecule has 0 unspecified atom stereocenters. The topological polar surface area (TPSA) is 79.6 Å². The van der Waals surface area contributed by atoms with Gasteiger partial charge in [-0.3, -0.25) is 9.59 Å². The molecule has 0 N–H and O–H groups in total. The van der Waals surface area contributed by atoms with Crippen LogP contribution in [0.1, 0.15) is 25.3 Å². The number of hydrogen-bond acceptors (Lipinski definition) is 5. The fraction of sp³-hybridized carbons (Fsp3) is 0.471. The lowest BCUT2D eigenvalue weighted by molar-refractivity contribution is -0.151. The third kappa shape index (κ3) is 4.71. The largest absolute Gasteiger partial charge is 0.484 e. The molecule has 1 amide bonds. The predicted molar refractivity (Wildman–Crippen MR) is 82.6 cm³/mol. The van der Waals surface area contributed by atoms with Crippen LogP contribution < -0.4 is 4.74 Å². The molecule has 1 aromatic carbocycles. The molecule has 1 aliphatic rings. The summed E-state index contributed by atoms with van der Waals surface area (Å²) in [6.07, 6.45) is 1.53. The average molecular weight is 316 g/mol. The third-order valence-electron chi connectivity index (χ3n) is 3.74. The van der Waals surface area contributed by atoms with Crippen molar-refractivity contribution in [2.45, 2.75) is 19.8 Å². The van der Waals surface area contributed by atoms with E-state index in [4.69, 9.17) is 14.7 Å². The summed E-state index contributed by atoms with van der Waals surface area (Å²) in [6, 6.07) is 8.61. The summed E-state index contributed by atoms with van der Waals surface area (Å²) in [5, 5.41) is 8.74. The van der Waals surface area contributed by atoms with Gasteiger partial charge < -0.3 is 14.4 Å². The van der Waals surface area contributed by atoms with Crippen molar-refractivity contribution in [2.75, 3.05) is 26.3 Å². The summed E-state index contributed by atoms with van der Waals surface area (Å²) >= 11 is 0. The Bertz CT molecular complexity index is 592. The smallest absolute Gasteiger partial charge is 0.310 e. The molecule has 122 valence electrons. The van der Waals surface area contributed by atoms with Crippen molar-refractivity contribution in [2.24, 2.45) is 5.92 Å². The number of piperidine rings is 1. The maximum atomic E-state index is 12.2. The molecule has 2 rings (SSSR count). The number of hydrogen-bond donors (Lipinski definition) is 0. The molecule has 0 aliphatic carbocycles. The first-order chi connectivity index (χ1) is 11.1. The first kappa shape index (κ1) is 16.8. The molecule has 0 bridgehead atoms. The van der Waals surface area contributed by atoms with E-state index in [1.54, 1.807) is 36.1 Å². The quantitative estimate of drug-likeness (QED) is 0.773. The zero-order chi connectivity index (χ0) is 16.7. The van der Waals surface area contributed by atoms with Crippen LogP contribution in [0.4, 0.5) is 0 Å². The molecular weight excluding hydrogens is 296 g/mol. The Morgan fingerprint density at radius 3 is 2.74 bits per heavy atom. The SMILES string of the molecule is CCOC(=O)[C@@H]1CCCN(C(=O)COc2ccc(C#N)cc2)C1. The lowest BCUT2D eigenvalue weighted by atomic mass is 9.98. The molecule has 1 aliphatic heterocycles. The Balaban J connectivity index is 1.84. The second-order valence-corrected chi connectivity index (χ2v) is 5.36. The van der Waals surface area contributed by atoms with E-state index in [1.165, 1.54) is 0 Å². The molecule has 0 aromatic heterocycles. The fourth-order valence-corrected chi connectivity index (χ4v) is 2.52. The minimum absolute atomic E-state index is 0.0819. The maximum Gasteiger partial charge on any atom is 0.310 e. The number of carbonyl (C=O) groups is 2. The molecule has 1 heterocycles. The van der Waals surface area contributed by atoms with Crippen molar-refractivity contribution in [1.29, 1.82) is 5.26 Å². The Morgan fingerprint density at radius 1 is 1.35 bits per heavy atom. The summed E-state index contributed by atoms with van der Waals surface area (Å²) in [5.41, 5.74) is 0.539. The highest BCUT2D eigenvalue weighted by atomic mass is 16.5. The van der Waals surface area contributed by atoms with Crippen LogP contribution >= 0.6 is 0 Å². The van der Waals surface area contributed by atoms with Crippen molar-refractivity contribution in [3.8, 4) is 11.8 Å². The molecule has 23 heavy (non-hydrogen) atoms. The lowest BCUT2D eigenvalue weighted by Gasteiger charge is -2.31. The van der Waals surface area contributed by atoms with E-state index in [9.17, 15) is 9.59 Å². The Hall–Kier alpha value is -2.55. The van der Waals surface area contributed by atoms with Crippen LogP contribution in [-0.2, 0) is 14.3 Å². The summed E-state index contributed by atoms with van der Waals surface area (Å²) in [6.45, 7) is 3.06. The first-order valence-corrected chi connectivity index (χ1v) is 7.71. The van der Waals surface area contributed by atoms with E-state index < -0.39 is 0 Å². The number of amides is 1. The highest BCUT2D eigenvalue weighted by Crippen LogP contribution is 2.18. The lowest BCUT2D eigenvalue weighted by Crippen LogP contribution is -2.44. The van der Waals surface area contributed by atoms with Crippen molar-refractivity contribution in [1.82, 2.24) is 4.90 Å². The van der Waals surface area contributed by atoms with Gasteiger partial charge in [0.05, 0.1) is 24.2 Å². The van der Waals surface area contributed by atoms with Gasteiger partial charge in [0.25, 0.3) is 5.91 Å². The van der Waals surface area contributed by atoms with Gasteiger partial charge in [-0.2, -0.15) is 5.26 Å². The standard InChI is InChI=1S/C17H20N2O4/c1-2-22-17(21)14-4-3-9-19(11-14)16(20)12-23-15-7-5-13(10-18)6-8-15/h5-8,14H,2-4,9,11-12H2,1H3/t14-/m1/s1. The second kappa shape index (κ2) is 8.18. The van der Waals surface area contributed by atoms with Crippen LogP contribution in [0.15, 0.2) is 24.3 Å². The van der Waals surface area contributed by atoms with Crippen LogP contribution in [0.2, 0.25) is 0 Å². The molecule has 0 spiro atoms. The highest BCUT2D eigenvalue weighted by Gasteiger charge is 2.29. The van der Waals surface area contributed by atoms with E-state index in [1.807, 2.05) is 6.07 Å². The number of nitriles is 1. The zero-order valence-corrected chi connectivity index (χ0v) is 13.2. The van der Waals surface area contributed by atoms with Crippen LogP contribution in [0.5, 0.6) is 5.75 Å². The average Bonchev–Trinajstić information content (AvgIpc) is 2.60. The molecule has 0 saturated carbocycles. The molecule has 0 radical (unpaired) electrons. The van der Waals surface area contributed by atoms with Gasteiger partial charge in [-0.15, -0.1) is 0 Å².